The standard InChI is InChI=1S/C16H16N2O3S/c1-20-13-8-3-5-10(9-19)14(13)21-15-11-6-4-7-12(11)17-16(18-15)22-2/h3,5,8-9H,4,6-7H2,1-2H3. The molecule has 5 nitrogen and oxygen atoms in total. The van der Waals surface area contributed by atoms with Crippen LogP contribution in [0.1, 0.15) is 28.0 Å². The maximum absolute atomic E-state index is 11.3. The Balaban J connectivity index is 2.07. The number of hydrogen-bond donors (Lipinski definition) is 0. The van der Waals surface area contributed by atoms with Crippen molar-refractivity contribution < 1.29 is 14.3 Å². The first kappa shape index (κ1) is 14.8. The van der Waals surface area contributed by atoms with Crippen LogP contribution in [0.2, 0.25) is 0 Å². The van der Waals surface area contributed by atoms with Crippen LogP contribution < -0.4 is 9.47 Å². The minimum atomic E-state index is 0.403. The summed E-state index contributed by atoms with van der Waals surface area (Å²) in [6.07, 6.45) is 5.57. The number of benzene rings is 1. The van der Waals surface area contributed by atoms with E-state index in [1.165, 1.54) is 11.8 Å². The molecule has 0 spiro atoms. The molecule has 1 aliphatic rings. The van der Waals surface area contributed by atoms with E-state index in [9.17, 15) is 4.79 Å². The van der Waals surface area contributed by atoms with Gasteiger partial charge in [-0.05, 0) is 37.7 Å². The molecule has 0 fully saturated rings. The quantitative estimate of drug-likeness (QED) is 0.479. The number of thioether (sulfide) groups is 1. The fourth-order valence-corrected chi connectivity index (χ4v) is 2.92. The maximum atomic E-state index is 11.3. The van der Waals surface area contributed by atoms with Crippen LogP contribution in [0.4, 0.5) is 0 Å². The van der Waals surface area contributed by atoms with Crippen molar-refractivity contribution in [1.29, 1.82) is 0 Å². The van der Waals surface area contributed by atoms with E-state index in [1.807, 2.05) is 6.26 Å². The first-order valence-electron chi connectivity index (χ1n) is 7.00. The van der Waals surface area contributed by atoms with Crippen molar-refractivity contribution in [3.05, 3.63) is 35.0 Å². The molecule has 0 saturated heterocycles. The number of ether oxygens (including phenoxy) is 2. The fourth-order valence-electron chi connectivity index (χ4n) is 2.54. The van der Waals surface area contributed by atoms with Crippen LogP contribution in [0, 0.1) is 0 Å². The van der Waals surface area contributed by atoms with Crippen molar-refractivity contribution in [1.82, 2.24) is 9.97 Å². The average Bonchev–Trinajstić information content (AvgIpc) is 3.03. The SMILES string of the molecule is COc1cccc(C=O)c1Oc1nc(SC)nc2c1CCC2. The van der Waals surface area contributed by atoms with Gasteiger partial charge in [0.05, 0.1) is 18.4 Å². The van der Waals surface area contributed by atoms with Gasteiger partial charge in [-0.2, -0.15) is 4.98 Å². The maximum Gasteiger partial charge on any atom is 0.226 e. The second-order valence-electron chi connectivity index (χ2n) is 4.89. The Morgan fingerprint density at radius 2 is 2.14 bits per heavy atom. The number of hydrogen-bond acceptors (Lipinski definition) is 6. The van der Waals surface area contributed by atoms with E-state index in [1.54, 1.807) is 25.3 Å². The van der Waals surface area contributed by atoms with Crippen molar-refractivity contribution in [2.24, 2.45) is 0 Å². The molecule has 0 amide bonds. The van der Waals surface area contributed by atoms with Gasteiger partial charge in [-0.3, -0.25) is 4.79 Å². The molecule has 1 aromatic heterocycles. The largest absolute Gasteiger partial charge is 0.493 e. The number of fused-ring (bicyclic) bond motifs is 1. The second-order valence-corrected chi connectivity index (χ2v) is 5.67. The zero-order valence-electron chi connectivity index (χ0n) is 12.5. The van der Waals surface area contributed by atoms with Crippen LogP contribution >= 0.6 is 11.8 Å². The lowest BCUT2D eigenvalue weighted by Gasteiger charge is -2.14. The molecule has 0 radical (unpaired) electrons. The smallest absolute Gasteiger partial charge is 0.226 e. The molecular weight excluding hydrogens is 300 g/mol. The van der Waals surface area contributed by atoms with E-state index in [4.69, 9.17) is 9.47 Å². The van der Waals surface area contributed by atoms with Crippen LogP contribution in [0.3, 0.4) is 0 Å². The van der Waals surface area contributed by atoms with E-state index in [0.717, 1.165) is 36.8 Å². The molecule has 0 N–H and O–H groups in total. The summed E-state index contributed by atoms with van der Waals surface area (Å²) in [5.41, 5.74) is 2.51. The number of methoxy groups -OCH3 is 1. The van der Waals surface area contributed by atoms with Crippen LogP contribution in [0.5, 0.6) is 17.4 Å². The van der Waals surface area contributed by atoms with Crippen molar-refractivity contribution in [2.45, 2.75) is 24.4 Å². The van der Waals surface area contributed by atoms with Gasteiger partial charge in [-0.15, -0.1) is 0 Å². The summed E-state index contributed by atoms with van der Waals surface area (Å²) in [6, 6.07) is 5.22. The van der Waals surface area contributed by atoms with Gasteiger partial charge >= 0.3 is 0 Å². The van der Waals surface area contributed by atoms with Gasteiger partial charge in [0, 0.05) is 5.56 Å². The first-order valence-corrected chi connectivity index (χ1v) is 8.23. The number of nitrogens with zero attached hydrogens (tertiary/aromatic N) is 2. The lowest BCUT2D eigenvalue weighted by molar-refractivity contribution is 0.112. The molecule has 1 aromatic carbocycles. The molecule has 2 aromatic rings. The Hall–Kier alpha value is -2.08. The molecule has 0 unspecified atom stereocenters. The molecule has 6 heteroatoms. The first-order chi connectivity index (χ1) is 10.8. The summed E-state index contributed by atoms with van der Waals surface area (Å²) < 4.78 is 11.3. The van der Waals surface area contributed by atoms with Crippen LogP contribution in [-0.2, 0) is 12.8 Å². The number of carbonyl (C=O) groups is 1. The Kier molecular flexibility index (Phi) is 4.29. The number of aromatic nitrogens is 2. The highest BCUT2D eigenvalue weighted by Crippen LogP contribution is 2.37. The Morgan fingerprint density at radius 1 is 1.27 bits per heavy atom. The van der Waals surface area contributed by atoms with Crippen LogP contribution in [0.15, 0.2) is 23.4 Å². The number of carbonyl (C=O) groups excluding carboxylic acids is 1. The number of para-hydroxylation sites is 1. The van der Waals surface area contributed by atoms with Gasteiger partial charge in [0.15, 0.2) is 22.9 Å². The third-order valence-corrected chi connectivity index (χ3v) is 4.16. The van der Waals surface area contributed by atoms with Gasteiger partial charge in [0.25, 0.3) is 0 Å². The molecule has 0 aliphatic heterocycles. The van der Waals surface area contributed by atoms with Crippen LogP contribution in [-0.4, -0.2) is 29.6 Å². The Morgan fingerprint density at radius 3 is 2.86 bits per heavy atom. The van der Waals surface area contributed by atoms with Crippen LogP contribution in [0.25, 0.3) is 0 Å². The molecule has 3 rings (SSSR count). The third-order valence-electron chi connectivity index (χ3n) is 3.61. The van der Waals surface area contributed by atoms with Crippen molar-refractivity contribution in [2.75, 3.05) is 13.4 Å². The number of aryl methyl sites for hydroxylation is 1. The molecule has 0 bridgehead atoms. The second kappa shape index (κ2) is 6.36. The van der Waals surface area contributed by atoms with Gasteiger partial charge in [0.2, 0.25) is 5.88 Å². The summed E-state index contributed by atoms with van der Waals surface area (Å²) in [7, 11) is 1.55. The summed E-state index contributed by atoms with van der Waals surface area (Å²) in [5, 5.41) is 0.679. The fraction of sp³-hybridized carbons (Fsp3) is 0.312. The van der Waals surface area contributed by atoms with Crippen molar-refractivity contribution in [3.8, 4) is 17.4 Å². The lowest BCUT2D eigenvalue weighted by atomic mass is 10.2. The highest BCUT2D eigenvalue weighted by Gasteiger charge is 2.22. The molecule has 0 saturated carbocycles. The van der Waals surface area contributed by atoms with Crippen molar-refractivity contribution in [3.63, 3.8) is 0 Å². The summed E-state index contributed by atoms with van der Waals surface area (Å²) in [4.78, 5) is 20.3. The van der Waals surface area contributed by atoms with Gasteiger partial charge in [0.1, 0.15) is 0 Å². The minimum Gasteiger partial charge on any atom is -0.493 e. The van der Waals surface area contributed by atoms with Crippen molar-refractivity contribution >= 4 is 18.0 Å². The highest BCUT2D eigenvalue weighted by atomic mass is 32.2. The van der Waals surface area contributed by atoms with E-state index >= 15 is 0 Å². The predicted molar refractivity (Wildman–Crippen MR) is 84.3 cm³/mol. The van der Waals surface area contributed by atoms with E-state index in [-0.39, 0.29) is 0 Å². The average molecular weight is 316 g/mol. The summed E-state index contributed by atoms with van der Waals surface area (Å²) in [6.45, 7) is 0. The third kappa shape index (κ3) is 2.66. The zero-order valence-corrected chi connectivity index (χ0v) is 13.3. The zero-order chi connectivity index (χ0) is 15.5. The topological polar surface area (TPSA) is 61.3 Å². The van der Waals surface area contributed by atoms with Gasteiger partial charge in [-0.1, -0.05) is 17.8 Å². The highest BCUT2D eigenvalue weighted by molar-refractivity contribution is 7.98. The lowest BCUT2D eigenvalue weighted by Crippen LogP contribution is -2.02. The van der Waals surface area contributed by atoms with E-state index < -0.39 is 0 Å². The van der Waals surface area contributed by atoms with E-state index in [2.05, 4.69) is 9.97 Å². The summed E-state index contributed by atoms with van der Waals surface area (Å²) in [5.74, 6) is 1.44. The minimum absolute atomic E-state index is 0.403. The van der Waals surface area contributed by atoms with Gasteiger partial charge in [-0.25, -0.2) is 4.98 Å². The predicted octanol–water partition coefficient (Wildman–Crippen LogP) is 3.30. The molecule has 114 valence electrons. The normalized spacial score (nSPS) is 12.8. The van der Waals surface area contributed by atoms with Gasteiger partial charge < -0.3 is 9.47 Å². The molecule has 1 heterocycles. The molecule has 0 atom stereocenters. The Bertz CT molecular complexity index is 719. The number of aldehydes is 1. The molecule has 1 aliphatic carbocycles. The molecular formula is C16H16N2O3S. The Labute approximate surface area is 133 Å². The summed E-state index contributed by atoms with van der Waals surface area (Å²) >= 11 is 1.48. The molecule has 22 heavy (non-hydrogen) atoms. The number of rotatable bonds is 5. The monoisotopic (exact) mass is 316 g/mol. The van der Waals surface area contributed by atoms with E-state index in [0.29, 0.717) is 28.1 Å².